The molecule has 0 spiro atoms. The Morgan fingerprint density at radius 1 is 1.11 bits per heavy atom. The molecule has 1 heterocycles. The second kappa shape index (κ2) is 9.73. The summed E-state index contributed by atoms with van der Waals surface area (Å²) in [5, 5.41) is 0. The highest BCUT2D eigenvalue weighted by Crippen LogP contribution is 2.24. The van der Waals surface area contributed by atoms with Gasteiger partial charge >= 0.3 is 5.97 Å². The lowest BCUT2D eigenvalue weighted by atomic mass is 10.1. The maximum absolute atomic E-state index is 12.3. The molecule has 0 aliphatic heterocycles. The number of hydroxylamine groups is 1. The van der Waals surface area contributed by atoms with Crippen LogP contribution < -0.4 is 5.48 Å². The summed E-state index contributed by atoms with van der Waals surface area (Å²) in [5.41, 5.74) is 6.25. The molecule has 1 aromatic carbocycles. The van der Waals surface area contributed by atoms with Gasteiger partial charge in [0.05, 0.1) is 18.8 Å². The van der Waals surface area contributed by atoms with Gasteiger partial charge in [-0.1, -0.05) is 30.3 Å². The van der Waals surface area contributed by atoms with Crippen molar-refractivity contribution in [2.45, 2.75) is 40.8 Å². The molecule has 1 N–H and O–H groups in total. The molecule has 6 nitrogen and oxygen atoms in total. The first-order valence-corrected chi connectivity index (χ1v) is 9.00. The van der Waals surface area contributed by atoms with Crippen LogP contribution >= 0.6 is 0 Å². The molecule has 0 unspecified atom stereocenters. The van der Waals surface area contributed by atoms with Crippen LogP contribution in [-0.4, -0.2) is 23.1 Å². The molecule has 0 saturated carbocycles. The normalized spacial score (nSPS) is 11.0. The maximum Gasteiger partial charge on any atom is 0.340 e. The molecule has 1 aromatic heterocycles. The first-order valence-electron chi connectivity index (χ1n) is 9.00. The Morgan fingerprint density at radius 3 is 2.44 bits per heavy atom. The number of nitrogens with zero attached hydrogens (tertiary/aromatic N) is 1. The Morgan fingerprint density at radius 2 is 1.81 bits per heavy atom. The van der Waals surface area contributed by atoms with Crippen LogP contribution in [0, 0.1) is 13.8 Å². The van der Waals surface area contributed by atoms with Crippen LogP contribution in [-0.2, 0) is 27.5 Å². The minimum atomic E-state index is -0.401. The maximum atomic E-state index is 12.3. The second-order valence-corrected chi connectivity index (χ2v) is 6.00. The molecule has 2 aromatic rings. The first-order chi connectivity index (χ1) is 13.0. The van der Waals surface area contributed by atoms with Crippen LogP contribution in [0.15, 0.2) is 36.4 Å². The molecule has 6 heteroatoms. The number of benzene rings is 1. The quantitative estimate of drug-likeness (QED) is 0.438. The fraction of sp³-hybridized carbons (Fsp3) is 0.333. The molecule has 144 valence electrons. The van der Waals surface area contributed by atoms with Gasteiger partial charge < -0.3 is 9.30 Å². The molecule has 0 aliphatic carbocycles. The molecule has 0 saturated heterocycles. The van der Waals surface area contributed by atoms with E-state index in [1.165, 1.54) is 6.08 Å². The SMILES string of the molecule is CCOC(=O)c1c(/C=C/C(=O)NOCc2ccccc2)c(C)n(CC)c1C. The largest absolute Gasteiger partial charge is 0.462 e. The lowest BCUT2D eigenvalue weighted by molar-refractivity contribution is -0.129. The fourth-order valence-corrected chi connectivity index (χ4v) is 3.00. The molecule has 0 aliphatic rings. The van der Waals surface area contributed by atoms with Gasteiger partial charge in [0.25, 0.3) is 5.91 Å². The summed E-state index contributed by atoms with van der Waals surface area (Å²) in [4.78, 5) is 29.6. The third-order valence-corrected chi connectivity index (χ3v) is 4.28. The second-order valence-electron chi connectivity index (χ2n) is 6.00. The molecule has 0 bridgehead atoms. The van der Waals surface area contributed by atoms with E-state index in [0.717, 1.165) is 23.5 Å². The molecular weight excluding hydrogens is 344 g/mol. The number of amides is 1. The van der Waals surface area contributed by atoms with Crippen molar-refractivity contribution >= 4 is 18.0 Å². The predicted octanol–water partition coefficient (Wildman–Crippen LogP) is 3.56. The number of hydrogen-bond donors (Lipinski definition) is 1. The van der Waals surface area contributed by atoms with Gasteiger partial charge in [0, 0.05) is 29.6 Å². The van der Waals surface area contributed by atoms with Crippen molar-refractivity contribution in [2.75, 3.05) is 6.61 Å². The molecule has 0 fully saturated rings. The molecule has 1 amide bonds. The number of ether oxygens (including phenoxy) is 1. The van der Waals surface area contributed by atoms with Gasteiger partial charge in [-0.15, -0.1) is 0 Å². The van der Waals surface area contributed by atoms with Gasteiger partial charge in [0.1, 0.15) is 0 Å². The van der Waals surface area contributed by atoms with Crippen LogP contribution in [0.2, 0.25) is 0 Å². The number of aromatic nitrogens is 1. The Hall–Kier alpha value is -2.86. The lowest BCUT2D eigenvalue weighted by Gasteiger charge is -2.05. The summed E-state index contributed by atoms with van der Waals surface area (Å²) in [7, 11) is 0. The van der Waals surface area contributed by atoms with Crippen molar-refractivity contribution in [1.29, 1.82) is 0 Å². The summed E-state index contributed by atoms with van der Waals surface area (Å²) < 4.78 is 7.20. The molecule has 0 atom stereocenters. The van der Waals surface area contributed by atoms with Crippen LogP contribution in [0.25, 0.3) is 6.08 Å². The number of hydrogen-bond acceptors (Lipinski definition) is 4. The summed E-state index contributed by atoms with van der Waals surface area (Å²) >= 11 is 0. The number of nitrogens with one attached hydrogen (secondary N) is 1. The Bertz CT molecular complexity index is 822. The van der Waals surface area contributed by atoms with Gasteiger partial charge in [0.2, 0.25) is 0 Å². The van der Waals surface area contributed by atoms with Crippen molar-refractivity contribution in [3.05, 3.63) is 64.5 Å². The summed E-state index contributed by atoms with van der Waals surface area (Å²) in [6, 6.07) is 9.54. The molecular formula is C21H26N2O4. The van der Waals surface area contributed by atoms with Crippen molar-refractivity contribution in [2.24, 2.45) is 0 Å². The van der Waals surface area contributed by atoms with E-state index in [2.05, 4.69) is 5.48 Å². The Balaban J connectivity index is 2.10. The zero-order valence-electron chi connectivity index (χ0n) is 16.2. The third kappa shape index (κ3) is 5.08. The predicted molar refractivity (Wildman–Crippen MR) is 104 cm³/mol. The van der Waals surface area contributed by atoms with E-state index in [1.807, 2.05) is 55.7 Å². The highest BCUT2D eigenvalue weighted by atomic mass is 16.6. The van der Waals surface area contributed by atoms with E-state index in [-0.39, 0.29) is 12.6 Å². The van der Waals surface area contributed by atoms with Crippen molar-refractivity contribution < 1.29 is 19.2 Å². The lowest BCUT2D eigenvalue weighted by Crippen LogP contribution is -2.21. The van der Waals surface area contributed by atoms with Crippen molar-refractivity contribution in [3.63, 3.8) is 0 Å². The summed E-state index contributed by atoms with van der Waals surface area (Å²) in [6.45, 7) is 8.87. The smallest absolute Gasteiger partial charge is 0.340 e. The first kappa shape index (κ1) is 20.5. The average molecular weight is 370 g/mol. The molecule has 2 rings (SSSR count). The van der Waals surface area contributed by atoms with Gasteiger partial charge in [-0.2, -0.15) is 0 Å². The van der Waals surface area contributed by atoms with Crippen LogP contribution in [0.4, 0.5) is 0 Å². The zero-order chi connectivity index (χ0) is 19.8. The van der Waals surface area contributed by atoms with Crippen LogP contribution in [0.3, 0.4) is 0 Å². The van der Waals surface area contributed by atoms with Gasteiger partial charge in [-0.25, -0.2) is 10.3 Å². The van der Waals surface area contributed by atoms with E-state index in [4.69, 9.17) is 9.57 Å². The van der Waals surface area contributed by atoms with E-state index < -0.39 is 5.91 Å². The Kier molecular flexibility index (Phi) is 7.37. The average Bonchev–Trinajstić information content (AvgIpc) is 2.90. The van der Waals surface area contributed by atoms with E-state index in [1.54, 1.807) is 13.0 Å². The summed E-state index contributed by atoms with van der Waals surface area (Å²) in [6.07, 6.45) is 2.98. The topological polar surface area (TPSA) is 69.6 Å². The minimum Gasteiger partial charge on any atom is -0.462 e. The number of esters is 1. The van der Waals surface area contributed by atoms with Gasteiger partial charge in [-0.3, -0.25) is 9.63 Å². The van der Waals surface area contributed by atoms with E-state index >= 15 is 0 Å². The van der Waals surface area contributed by atoms with Crippen molar-refractivity contribution in [3.8, 4) is 0 Å². The van der Waals surface area contributed by atoms with Crippen LogP contribution in [0.1, 0.15) is 46.7 Å². The van der Waals surface area contributed by atoms with Crippen LogP contribution in [0.5, 0.6) is 0 Å². The number of rotatable bonds is 8. The Labute approximate surface area is 159 Å². The van der Waals surface area contributed by atoms with Crippen molar-refractivity contribution in [1.82, 2.24) is 10.0 Å². The minimum absolute atomic E-state index is 0.277. The third-order valence-electron chi connectivity index (χ3n) is 4.28. The van der Waals surface area contributed by atoms with E-state index in [0.29, 0.717) is 17.7 Å². The fourth-order valence-electron chi connectivity index (χ4n) is 3.00. The highest BCUT2D eigenvalue weighted by molar-refractivity contribution is 5.98. The van der Waals surface area contributed by atoms with E-state index in [9.17, 15) is 9.59 Å². The van der Waals surface area contributed by atoms with Gasteiger partial charge in [-0.05, 0) is 39.3 Å². The standard InChI is InChI=1S/C21H26N2O4/c1-5-23-15(3)18(20(16(23)4)21(25)26-6-2)12-13-19(24)22-27-14-17-10-8-7-9-11-17/h7-13H,5-6,14H2,1-4H3,(H,22,24)/b13-12+. The monoisotopic (exact) mass is 370 g/mol. The van der Waals surface area contributed by atoms with Gasteiger partial charge in [0.15, 0.2) is 0 Å². The molecule has 0 radical (unpaired) electrons. The number of carbonyl (C=O) groups excluding carboxylic acids is 2. The molecule has 27 heavy (non-hydrogen) atoms. The summed E-state index contributed by atoms with van der Waals surface area (Å²) in [5.74, 6) is -0.785. The zero-order valence-corrected chi connectivity index (χ0v) is 16.2. The number of carbonyl (C=O) groups is 2. The highest BCUT2D eigenvalue weighted by Gasteiger charge is 2.22.